The maximum Gasteiger partial charge on any atom is 0.246 e. The fourth-order valence-corrected chi connectivity index (χ4v) is 6.80. The van der Waals surface area contributed by atoms with E-state index in [1.165, 1.54) is 5.56 Å². The number of fused-ring (bicyclic) bond motifs is 1. The van der Waals surface area contributed by atoms with Gasteiger partial charge in [0.25, 0.3) is 0 Å². The van der Waals surface area contributed by atoms with E-state index in [4.69, 9.17) is 15.5 Å². The maximum absolute atomic E-state index is 14.4. The Morgan fingerprint density at radius 1 is 0.977 bits per heavy atom. The number of rotatable bonds is 10. The van der Waals surface area contributed by atoms with E-state index in [0.29, 0.717) is 17.9 Å². The first-order valence-electron chi connectivity index (χ1n) is 15.7. The van der Waals surface area contributed by atoms with Crippen molar-refractivity contribution in [2.24, 2.45) is 11.8 Å². The third-order valence-electron chi connectivity index (χ3n) is 9.29. The molecule has 2 aromatic carbocycles. The molecule has 5 unspecified atom stereocenters. The Kier molecular flexibility index (Phi) is 10.2. The fraction of sp³-hybridized carbons (Fsp3) is 0.545. The number of aryl methyl sites for hydroxylation is 1. The van der Waals surface area contributed by atoms with Gasteiger partial charge in [-0.15, -0.1) is 0 Å². The van der Waals surface area contributed by atoms with Crippen LogP contribution in [0, 0.1) is 5.92 Å². The molecule has 232 valence electrons. The average molecular weight is 592 g/mol. The number of carbonyl (C=O) groups is 3. The lowest BCUT2D eigenvalue weighted by Crippen LogP contribution is -2.58. The Morgan fingerprint density at radius 2 is 1.74 bits per heavy atom. The van der Waals surface area contributed by atoms with Crippen molar-refractivity contribution < 1.29 is 24.0 Å². The molecule has 5 atom stereocenters. The van der Waals surface area contributed by atoms with Gasteiger partial charge < -0.3 is 30.4 Å². The van der Waals surface area contributed by atoms with Crippen molar-refractivity contribution in [3.8, 4) is 11.5 Å². The second-order valence-corrected chi connectivity index (χ2v) is 12.1. The van der Waals surface area contributed by atoms with E-state index < -0.39 is 24.2 Å². The number of likely N-dealkylation sites (tertiary alicyclic amines) is 1. The van der Waals surface area contributed by atoms with Gasteiger partial charge in [0, 0.05) is 12.5 Å². The quantitative estimate of drug-likeness (QED) is 0.312. The van der Waals surface area contributed by atoms with Crippen molar-refractivity contribution in [1.82, 2.24) is 20.9 Å². The van der Waals surface area contributed by atoms with Crippen LogP contribution in [0.3, 0.4) is 0 Å². The Bertz CT molecular complexity index is 1280. The number of carbonyl (C=O) groups excluding carboxylic acids is 3. The summed E-state index contributed by atoms with van der Waals surface area (Å²) in [6.07, 6.45) is 7.61. The number of hydrogen-bond acceptors (Lipinski definition) is 7. The van der Waals surface area contributed by atoms with Gasteiger partial charge in [0.2, 0.25) is 17.7 Å². The molecule has 0 aromatic heterocycles. The highest BCUT2D eigenvalue weighted by Crippen LogP contribution is 2.33. The number of hydrogen-bond donors (Lipinski definition) is 4. The van der Waals surface area contributed by atoms with Gasteiger partial charge in [-0.05, 0) is 75.3 Å². The van der Waals surface area contributed by atoms with E-state index in [-0.39, 0.29) is 36.2 Å². The van der Waals surface area contributed by atoms with Crippen LogP contribution in [0.1, 0.15) is 75.5 Å². The molecule has 3 amide bonds. The second kappa shape index (κ2) is 14.2. The monoisotopic (exact) mass is 591 g/mol. The second-order valence-electron chi connectivity index (χ2n) is 12.1. The number of amides is 3. The lowest BCUT2D eigenvalue weighted by atomic mass is 9.83. The van der Waals surface area contributed by atoms with E-state index in [0.717, 1.165) is 56.9 Å². The van der Waals surface area contributed by atoms with Gasteiger partial charge in [0.1, 0.15) is 23.9 Å². The van der Waals surface area contributed by atoms with Crippen LogP contribution in [-0.2, 0) is 20.8 Å². The number of nitrogens with one attached hydrogen (secondary N) is 3. The van der Waals surface area contributed by atoms with Gasteiger partial charge >= 0.3 is 0 Å². The highest BCUT2D eigenvalue weighted by molar-refractivity contribution is 5.94. The molecular formula is C33H45N5O5. The predicted octanol–water partition coefficient (Wildman–Crippen LogP) is 3.15. The molecule has 0 bridgehead atoms. The summed E-state index contributed by atoms with van der Waals surface area (Å²) in [5, 5.41) is 9.29. The van der Waals surface area contributed by atoms with Crippen LogP contribution in [-0.4, -0.2) is 60.4 Å². The molecular weight excluding hydrogens is 546 g/mol. The zero-order valence-electron chi connectivity index (χ0n) is 25.2. The van der Waals surface area contributed by atoms with Crippen molar-refractivity contribution >= 4 is 17.7 Å². The lowest BCUT2D eigenvalue weighted by Gasteiger charge is -2.35. The Hall–Kier alpha value is -3.63. The number of benzene rings is 2. The molecule has 1 saturated heterocycles. The van der Waals surface area contributed by atoms with E-state index >= 15 is 0 Å². The first-order chi connectivity index (χ1) is 20.9. The molecule has 1 aliphatic heterocycles. The predicted molar refractivity (Wildman–Crippen MR) is 163 cm³/mol. The lowest BCUT2D eigenvalue weighted by molar-refractivity contribution is -0.143. The normalized spacial score (nSPS) is 23.5. The summed E-state index contributed by atoms with van der Waals surface area (Å²) in [6.45, 7) is 2.00. The van der Waals surface area contributed by atoms with Crippen LogP contribution in [0.25, 0.3) is 0 Å². The summed E-state index contributed by atoms with van der Waals surface area (Å²) >= 11 is 0. The number of ether oxygens (including phenoxy) is 1. The van der Waals surface area contributed by atoms with E-state index in [1.807, 2.05) is 12.1 Å². The fourth-order valence-electron chi connectivity index (χ4n) is 6.80. The summed E-state index contributed by atoms with van der Waals surface area (Å²) < 4.78 is 6.28. The highest BCUT2D eigenvalue weighted by atomic mass is 16.6. The Balaban J connectivity index is 1.40. The molecule has 5 N–H and O–H groups in total. The number of nitrogens with two attached hydrogens (primary N) is 1. The molecule has 43 heavy (non-hydrogen) atoms. The smallest absolute Gasteiger partial charge is 0.246 e. The van der Waals surface area contributed by atoms with Gasteiger partial charge in [-0.2, -0.15) is 5.90 Å². The maximum atomic E-state index is 14.4. The third-order valence-corrected chi connectivity index (χ3v) is 9.29. The van der Waals surface area contributed by atoms with Crippen LogP contribution in [0.15, 0.2) is 48.5 Å². The SMILES string of the molecule is CNC(C)C(=O)NC(C(=O)N1CC(Oc2cccc(ON)c2)CC1C(=O)NC1CCCc2ccccc21)C1CCCCC1. The molecule has 0 radical (unpaired) electrons. The zero-order chi connectivity index (χ0) is 30.3. The summed E-state index contributed by atoms with van der Waals surface area (Å²) in [5.41, 5.74) is 2.39. The Morgan fingerprint density at radius 3 is 2.51 bits per heavy atom. The van der Waals surface area contributed by atoms with Crippen LogP contribution in [0.4, 0.5) is 0 Å². The third kappa shape index (κ3) is 7.30. The first-order valence-corrected chi connectivity index (χ1v) is 15.7. The number of likely N-dealkylation sites (N-methyl/N-ethyl adjacent to an activating group) is 1. The topological polar surface area (TPSA) is 135 Å². The molecule has 3 aliphatic rings. The van der Waals surface area contributed by atoms with E-state index in [1.54, 1.807) is 43.1 Å². The van der Waals surface area contributed by atoms with E-state index in [2.05, 4.69) is 28.1 Å². The van der Waals surface area contributed by atoms with Crippen molar-refractivity contribution in [1.29, 1.82) is 0 Å². The average Bonchev–Trinajstić information content (AvgIpc) is 3.47. The summed E-state index contributed by atoms with van der Waals surface area (Å²) in [4.78, 5) is 48.0. The molecule has 1 heterocycles. The largest absolute Gasteiger partial charge is 0.488 e. The first kappa shape index (κ1) is 30.8. The Labute approximate surface area is 254 Å². The highest BCUT2D eigenvalue weighted by Gasteiger charge is 2.45. The molecule has 2 aliphatic carbocycles. The summed E-state index contributed by atoms with van der Waals surface area (Å²) in [5.74, 6) is 5.71. The molecule has 2 aromatic rings. The summed E-state index contributed by atoms with van der Waals surface area (Å²) in [6, 6.07) is 13.2. The minimum atomic E-state index is -0.731. The van der Waals surface area contributed by atoms with Crippen LogP contribution < -0.4 is 31.4 Å². The van der Waals surface area contributed by atoms with Gasteiger partial charge in [-0.25, -0.2) is 0 Å². The van der Waals surface area contributed by atoms with Crippen molar-refractivity contribution in [3.05, 3.63) is 59.7 Å². The minimum Gasteiger partial charge on any atom is -0.488 e. The minimum absolute atomic E-state index is 0.0153. The molecule has 2 fully saturated rings. The number of nitrogens with zero attached hydrogens (tertiary/aromatic N) is 1. The molecule has 10 nitrogen and oxygen atoms in total. The zero-order valence-corrected chi connectivity index (χ0v) is 25.2. The standard InChI is InChI=1S/C33H45N5O5/c1-21(35-2)31(39)37-30(23-11-4-3-5-12-23)33(41)38-20-26(42-24-14-9-15-25(18-24)43-34)19-29(38)32(40)36-28-17-8-13-22-10-6-7-16-27(22)28/h6-7,9-10,14-16,18,21,23,26,28-30,35H,3-5,8,11-13,17,19-20,34H2,1-2H3,(H,36,40)(H,37,39). The van der Waals surface area contributed by atoms with Crippen molar-refractivity contribution in [2.45, 2.75) is 95.0 Å². The molecule has 0 spiro atoms. The molecule has 10 heteroatoms. The molecule has 1 saturated carbocycles. The van der Waals surface area contributed by atoms with Crippen molar-refractivity contribution in [2.75, 3.05) is 13.6 Å². The van der Waals surface area contributed by atoms with Crippen molar-refractivity contribution in [3.63, 3.8) is 0 Å². The van der Waals surface area contributed by atoms with Gasteiger partial charge in [0.15, 0.2) is 5.75 Å². The van der Waals surface area contributed by atoms with Crippen LogP contribution in [0.5, 0.6) is 11.5 Å². The van der Waals surface area contributed by atoms with Gasteiger partial charge in [0.05, 0.1) is 18.6 Å². The summed E-state index contributed by atoms with van der Waals surface area (Å²) in [7, 11) is 1.72. The van der Waals surface area contributed by atoms with Gasteiger partial charge in [-0.1, -0.05) is 49.6 Å². The molecule has 5 rings (SSSR count). The van der Waals surface area contributed by atoms with E-state index in [9.17, 15) is 14.4 Å². The van der Waals surface area contributed by atoms with Crippen LogP contribution >= 0.6 is 0 Å². The van der Waals surface area contributed by atoms with Gasteiger partial charge in [-0.3, -0.25) is 14.4 Å². The van der Waals surface area contributed by atoms with Crippen LogP contribution in [0.2, 0.25) is 0 Å².